The lowest BCUT2D eigenvalue weighted by molar-refractivity contribution is 0.629. The quantitative estimate of drug-likeness (QED) is 0.814. The van der Waals surface area contributed by atoms with E-state index in [0.29, 0.717) is 16.7 Å². The summed E-state index contributed by atoms with van der Waals surface area (Å²) in [5.41, 5.74) is 0.860. The van der Waals surface area contributed by atoms with E-state index in [4.69, 9.17) is 0 Å². The molecular weight excluding hydrogens is 210 g/mol. The van der Waals surface area contributed by atoms with Crippen LogP contribution in [0.15, 0.2) is 17.2 Å². The molecule has 0 saturated carbocycles. The molecule has 82 valence electrons. The predicted molar refractivity (Wildman–Crippen MR) is 59.0 cm³/mol. The Labute approximate surface area is 91.9 Å². The molecule has 0 radical (unpaired) electrons. The average molecular weight is 225 g/mol. The minimum absolute atomic E-state index is 0.522. The molecule has 0 aromatic carbocycles. The second kappa shape index (κ2) is 4.81. The molecule has 1 N–H and O–H groups in total. The van der Waals surface area contributed by atoms with Crippen molar-refractivity contribution in [2.75, 3.05) is 18.8 Å². The summed E-state index contributed by atoms with van der Waals surface area (Å²) >= 11 is 0. The van der Waals surface area contributed by atoms with Crippen LogP contribution in [-0.4, -0.2) is 33.2 Å². The van der Waals surface area contributed by atoms with Gasteiger partial charge in [-0.05, 0) is 44.5 Å². The molecule has 5 heteroatoms. The maximum Gasteiger partial charge on any atom is 0.149 e. The van der Waals surface area contributed by atoms with E-state index in [1.807, 2.05) is 13.0 Å². The van der Waals surface area contributed by atoms with Crippen molar-refractivity contribution < 1.29 is 4.21 Å². The van der Waals surface area contributed by atoms with Gasteiger partial charge in [0.1, 0.15) is 5.03 Å². The number of hydrogen-bond donors (Lipinski definition) is 1. The molecule has 15 heavy (non-hydrogen) atoms. The van der Waals surface area contributed by atoms with Crippen LogP contribution in [0.1, 0.15) is 12.1 Å². The van der Waals surface area contributed by atoms with Gasteiger partial charge < -0.3 is 5.32 Å². The lowest BCUT2D eigenvalue weighted by atomic mass is 10.2. The smallest absolute Gasteiger partial charge is 0.149 e. The molecule has 2 atom stereocenters. The van der Waals surface area contributed by atoms with Crippen LogP contribution in [0, 0.1) is 12.8 Å². The zero-order valence-corrected chi connectivity index (χ0v) is 9.59. The lowest BCUT2D eigenvalue weighted by Gasteiger charge is -2.06. The SMILES string of the molecule is Cc1ccc(S(=O)CC2CCNC2)nn1. The summed E-state index contributed by atoms with van der Waals surface area (Å²) in [7, 11) is -0.995. The first-order valence-corrected chi connectivity index (χ1v) is 6.47. The van der Waals surface area contributed by atoms with Crippen molar-refractivity contribution in [3.05, 3.63) is 17.8 Å². The molecule has 1 aliphatic heterocycles. The summed E-state index contributed by atoms with van der Waals surface area (Å²) in [4.78, 5) is 0. The van der Waals surface area contributed by atoms with Crippen molar-refractivity contribution >= 4 is 10.8 Å². The zero-order valence-electron chi connectivity index (χ0n) is 8.77. The fourth-order valence-electron chi connectivity index (χ4n) is 1.66. The van der Waals surface area contributed by atoms with Gasteiger partial charge in [0, 0.05) is 5.75 Å². The molecule has 4 nitrogen and oxygen atoms in total. The molecule has 2 heterocycles. The van der Waals surface area contributed by atoms with Crippen molar-refractivity contribution in [3.8, 4) is 0 Å². The Morgan fingerprint density at radius 2 is 2.40 bits per heavy atom. The second-order valence-corrected chi connectivity index (χ2v) is 5.33. The molecule has 0 aliphatic carbocycles. The van der Waals surface area contributed by atoms with E-state index in [9.17, 15) is 4.21 Å². The number of nitrogens with one attached hydrogen (secondary N) is 1. The van der Waals surface area contributed by atoms with Crippen LogP contribution in [0.5, 0.6) is 0 Å². The number of nitrogens with zero attached hydrogens (tertiary/aromatic N) is 2. The van der Waals surface area contributed by atoms with Crippen LogP contribution < -0.4 is 5.32 Å². The average Bonchev–Trinajstić information content (AvgIpc) is 2.71. The minimum atomic E-state index is -0.995. The predicted octanol–water partition coefficient (Wildman–Crippen LogP) is 0.502. The van der Waals surface area contributed by atoms with Crippen molar-refractivity contribution in [2.24, 2.45) is 5.92 Å². The molecule has 0 amide bonds. The van der Waals surface area contributed by atoms with Crippen LogP contribution >= 0.6 is 0 Å². The molecule has 0 spiro atoms. The molecule has 1 saturated heterocycles. The normalized spacial score (nSPS) is 22.9. The maximum atomic E-state index is 11.9. The highest BCUT2D eigenvalue weighted by Gasteiger charge is 2.18. The van der Waals surface area contributed by atoms with Gasteiger partial charge in [-0.3, -0.25) is 4.21 Å². The van der Waals surface area contributed by atoms with Gasteiger partial charge in [0.25, 0.3) is 0 Å². The standard InChI is InChI=1S/C10H15N3OS/c1-8-2-3-10(13-12-8)15(14)7-9-4-5-11-6-9/h2-3,9,11H,4-7H2,1H3. The first-order valence-electron chi connectivity index (χ1n) is 5.15. The molecule has 1 aromatic heterocycles. The zero-order chi connectivity index (χ0) is 10.7. The van der Waals surface area contributed by atoms with Crippen molar-refractivity contribution in [2.45, 2.75) is 18.4 Å². The van der Waals surface area contributed by atoms with Crippen LogP contribution in [-0.2, 0) is 10.8 Å². The second-order valence-electron chi connectivity index (χ2n) is 3.88. The van der Waals surface area contributed by atoms with E-state index in [1.54, 1.807) is 6.07 Å². The third-order valence-electron chi connectivity index (χ3n) is 2.56. The molecule has 1 aliphatic rings. The summed E-state index contributed by atoms with van der Waals surface area (Å²) < 4.78 is 11.9. The summed E-state index contributed by atoms with van der Waals surface area (Å²) in [5, 5.41) is 11.7. The van der Waals surface area contributed by atoms with Crippen molar-refractivity contribution in [1.29, 1.82) is 0 Å². The first kappa shape index (κ1) is 10.7. The highest BCUT2D eigenvalue weighted by atomic mass is 32.2. The van der Waals surface area contributed by atoms with Crippen LogP contribution in [0.25, 0.3) is 0 Å². The lowest BCUT2D eigenvalue weighted by Crippen LogP contribution is -2.15. The molecule has 2 rings (SSSR count). The third kappa shape index (κ3) is 2.82. The largest absolute Gasteiger partial charge is 0.316 e. The monoisotopic (exact) mass is 225 g/mol. The van der Waals surface area contributed by atoms with Crippen LogP contribution in [0.4, 0.5) is 0 Å². The molecule has 1 aromatic rings. The van der Waals surface area contributed by atoms with Crippen molar-refractivity contribution in [3.63, 3.8) is 0 Å². The Morgan fingerprint density at radius 1 is 1.53 bits per heavy atom. The minimum Gasteiger partial charge on any atom is -0.316 e. The van der Waals surface area contributed by atoms with E-state index in [2.05, 4.69) is 15.5 Å². The Kier molecular flexibility index (Phi) is 3.43. The van der Waals surface area contributed by atoms with E-state index in [-0.39, 0.29) is 0 Å². The Hall–Kier alpha value is -0.810. The fourth-order valence-corrected chi connectivity index (χ4v) is 2.90. The van der Waals surface area contributed by atoms with Gasteiger partial charge in [0.05, 0.1) is 16.5 Å². The van der Waals surface area contributed by atoms with Gasteiger partial charge >= 0.3 is 0 Å². The number of rotatable bonds is 3. The molecule has 1 fully saturated rings. The van der Waals surface area contributed by atoms with Crippen molar-refractivity contribution in [1.82, 2.24) is 15.5 Å². The molecule has 2 unspecified atom stereocenters. The summed E-state index contributed by atoms with van der Waals surface area (Å²) in [6.07, 6.45) is 1.12. The van der Waals surface area contributed by atoms with Gasteiger partial charge in [0.15, 0.2) is 0 Å². The highest BCUT2D eigenvalue weighted by Crippen LogP contribution is 2.12. The van der Waals surface area contributed by atoms with Crippen LogP contribution in [0.2, 0.25) is 0 Å². The highest BCUT2D eigenvalue weighted by molar-refractivity contribution is 7.84. The van der Waals surface area contributed by atoms with Gasteiger partial charge in [-0.1, -0.05) is 0 Å². The summed E-state index contributed by atoms with van der Waals surface area (Å²) in [5.74, 6) is 1.22. The number of hydrogen-bond acceptors (Lipinski definition) is 4. The summed E-state index contributed by atoms with van der Waals surface area (Å²) in [6.45, 7) is 3.90. The summed E-state index contributed by atoms with van der Waals surface area (Å²) in [6, 6.07) is 3.66. The van der Waals surface area contributed by atoms with Gasteiger partial charge in [0.2, 0.25) is 0 Å². The molecular formula is C10H15N3OS. The third-order valence-corrected chi connectivity index (χ3v) is 4.01. The van der Waals surface area contributed by atoms with Gasteiger partial charge in [-0.15, -0.1) is 5.10 Å². The van der Waals surface area contributed by atoms with E-state index in [1.165, 1.54) is 0 Å². The Bertz CT molecular complexity index is 346. The number of aromatic nitrogens is 2. The van der Waals surface area contributed by atoms with Gasteiger partial charge in [-0.2, -0.15) is 5.10 Å². The van der Waals surface area contributed by atoms with Gasteiger partial charge in [-0.25, -0.2) is 0 Å². The molecule has 0 bridgehead atoms. The topological polar surface area (TPSA) is 54.9 Å². The van der Waals surface area contributed by atoms with E-state index >= 15 is 0 Å². The Morgan fingerprint density at radius 3 is 3.00 bits per heavy atom. The van der Waals surface area contributed by atoms with Crippen LogP contribution in [0.3, 0.4) is 0 Å². The van der Waals surface area contributed by atoms with E-state index in [0.717, 1.165) is 25.2 Å². The maximum absolute atomic E-state index is 11.9. The van der Waals surface area contributed by atoms with E-state index < -0.39 is 10.8 Å². The number of aryl methyl sites for hydroxylation is 1. The first-order chi connectivity index (χ1) is 7.25. The fraction of sp³-hybridized carbons (Fsp3) is 0.600. The Balaban J connectivity index is 1.98.